The van der Waals surface area contributed by atoms with Gasteiger partial charge in [0.1, 0.15) is 13.2 Å². The van der Waals surface area contributed by atoms with Crippen LogP contribution in [0.15, 0.2) is 16.6 Å². The van der Waals surface area contributed by atoms with E-state index in [1.54, 1.807) is 0 Å². The highest BCUT2D eigenvalue weighted by Gasteiger charge is 2.28. The van der Waals surface area contributed by atoms with Crippen LogP contribution in [0.5, 0.6) is 11.5 Å². The van der Waals surface area contributed by atoms with Crippen molar-refractivity contribution >= 4 is 21.6 Å². The first-order valence-corrected chi connectivity index (χ1v) is 8.18. The van der Waals surface area contributed by atoms with Crippen molar-refractivity contribution in [1.29, 1.82) is 0 Å². The maximum absolute atomic E-state index is 5.66. The highest BCUT2D eigenvalue weighted by molar-refractivity contribution is 9.10. The van der Waals surface area contributed by atoms with Gasteiger partial charge in [-0.05, 0) is 40.6 Å². The molecule has 4 heteroatoms. The van der Waals surface area contributed by atoms with Gasteiger partial charge in [0.05, 0.1) is 5.69 Å². The molecule has 1 heterocycles. The Morgan fingerprint density at radius 1 is 1.20 bits per heavy atom. The molecule has 3 nitrogen and oxygen atoms in total. The van der Waals surface area contributed by atoms with Gasteiger partial charge in [-0.3, -0.25) is 0 Å². The Bertz CT molecular complexity index is 501. The van der Waals surface area contributed by atoms with Gasteiger partial charge in [0.2, 0.25) is 0 Å². The van der Waals surface area contributed by atoms with E-state index in [4.69, 9.17) is 9.47 Å². The second kappa shape index (κ2) is 5.47. The lowest BCUT2D eigenvalue weighted by molar-refractivity contribution is 0.171. The number of halogens is 1. The number of anilines is 1. The topological polar surface area (TPSA) is 30.5 Å². The molecule has 0 bridgehead atoms. The van der Waals surface area contributed by atoms with E-state index >= 15 is 0 Å². The van der Waals surface area contributed by atoms with Crippen LogP contribution in [0.3, 0.4) is 0 Å². The lowest BCUT2D eigenvalue weighted by Crippen LogP contribution is -2.31. The monoisotopic (exact) mass is 339 g/mol. The molecule has 1 atom stereocenters. The first-order chi connectivity index (χ1) is 9.53. The van der Waals surface area contributed by atoms with Crippen molar-refractivity contribution in [1.82, 2.24) is 0 Å². The molecule has 1 unspecified atom stereocenters. The van der Waals surface area contributed by atoms with Gasteiger partial charge >= 0.3 is 0 Å². The van der Waals surface area contributed by atoms with Crippen LogP contribution >= 0.6 is 15.9 Å². The summed E-state index contributed by atoms with van der Waals surface area (Å²) in [5, 5.41) is 3.67. The van der Waals surface area contributed by atoms with Crippen LogP contribution in [0.25, 0.3) is 0 Å². The first kappa shape index (κ1) is 14.1. The molecule has 110 valence electrons. The van der Waals surface area contributed by atoms with Crippen LogP contribution in [0.1, 0.15) is 39.5 Å². The van der Waals surface area contributed by atoms with Crippen LogP contribution in [0, 0.1) is 5.41 Å². The molecule has 1 aliphatic heterocycles. The summed E-state index contributed by atoms with van der Waals surface area (Å²) >= 11 is 3.63. The van der Waals surface area contributed by atoms with E-state index < -0.39 is 0 Å². The minimum absolute atomic E-state index is 0.441. The summed E-state index contributed by atoms with van der Waals surface area (Å²) in [5.74, 6) is 1.68. The fourth-order valence-electron chi connectivity index (χ4n) is 3.22. The molecule has 1 aromatic carbocycles. The minimum Gasteiger partial charge on any atom is -0.486 e. The summed E-state index contributed by atoms with van der Waals surface area (Å²) < 4.78 is 12.3. The van der Waals surface area contributed by atoms with Gasteiger partial charge in [-0.25, -0.2) is 0 Å². The van der Waals surface area contributed by atoms with Crippen molar-refractivity contribution in [2.75, 3.05) is 18.5 Å². The zero-order valence-electron chi connectivity index (χ0n) is 12.2. The molecule has 1 saturated carbocycles. The van der Waals surface area contributed by atoms with Crippen LogP contribution in [-0.2, 0) is 0 Å². The predicted molar refractivity (Wildman–Crippen MR) is 84.8 cm³/mol. The van der Waals surface area contributed by atoms with Crippen LogP contribution in [-0.4, -0.2) is 19.3 Å². The molecular weight excluding hydrogens is 318 g/mol. The average Bonchev–Trinajstić information content (AvgIpc) is 2.38. The van der Waals surface area contributed by atoms with Gasteiger partial charge in [-0.1, -0.05) is 20.3 Å². The summed E-state index contributed by atoms with van der Waals surface area (Å²) in [7, 11) is 0. The molecule has 1 fully saturated rings. The van der Waals surface area contributed by atoms with E-state index in [9.17, 15) is 0 Å². The molecule has 1 aromatic rings. The van der Waals surface area contributed by atoms with E-state index in [-0.39, 0.29) is 0 Å². The molecule has 2 aliphatic rings. The van der Waals surface area contributed by atoms with Crippen LogP contribution in [0.4, 0.5) is 5.69 Å². The predicted octanol–water partition coefficient (Wildman–Crippen LogP) is 4.60. The van der Waals surface area contributed by atoms with E-state index in [0.717, 1.165) is 21.7 Å². The van der Waals surface area contributed by atoms with E-state index in [1.165, 1.54) is 25.7 Å². The first-order valence-electron chi connectivity index (χ1n) is 7.39. The van der Waals surface area contributed by atoms with Crippen molar-refractivity contribution in [3.63, 3.8) is 0 Å². The zero-order valence-corrected chi connectivity index (χ0v) is 13.8. The number of nitrogens with one attached hydrogen (secondary N) is 1. The Morgan fingerprint density at radius 2 is 1.90 bits per heavy atom. The van der Waals surface area contributed by atoms with Crippen molar-refractivity contribution in [3.8, 4) is 11.5 Å². The summed E-state index contributed by atoms with van der Waals surface area (Å²) in [6, 6.07) is 4.60. The zero-order chi connectivity index (χ0) is 14.2. The molecule has 0 amide bonds. The molecular formula is C16H22BrNO2. The number of hydrogen-bond donors (Lipinski definition) is 1. The molecule has 0 saturated heterocycles. The van der Waals surface area contributed by atoms with Crippen LogP contribution < -0.4 is 14.8 Å². The third kappa shape index (κ3) is 3.05. The number of ether oxygens (including phenoxy) is 2. The quantitative estimate of drug-likeness (QED) is 0.853. The molecule has 1 aliphatic carbocycles. The van der Waals surface area contributed by atoms with Gasteiger partial charge < -0.3 is 14.8 Å². The Kier molecular flexibility index (Phi) is 3.85. The summed E-state index contributed by atoms with van der Waals surface area (Å²) in [6.07, 6.45) is 5.08. The summed E-state index contributed by atoms with van der Waals surface area (Å²) in [5.41, 5.74) is 1.55. The van der Waals surface area contributed by atoms with Crippen molar-refractivity contribution < 1.29 is 9.47 Å². The van der Waals surface area contributed by atoms with Crippen LogP contribution in [0.2, 0.25) is 0 Å². The highest BCUT2D eigenvalue weighted by Crippen LogP contribution is 2.41. The smallest absolute Gasteiger partial charge is 0.163 e. The Morgan fingerprint density at radius 3 is 2.60 bits per heavy atom. The summed E-state index contributed by atoms with van der Waals surface area (Å²) in [4.78, 5) is 0. The SMILES string of the molecule is CC1(C)CCCC(Nc2cc3c(cc2Br)OCCO3)C1. The molecule has 0 spiro atoms. The Balaban J connectivity index is 1.77. The van der Waals surface area contributed by atoms with E-state index in [2.05, 4.69) is 41.2 Å². The lowest BCUT2D eigenvalue weighted by Gasteiger charge is -2.36. The largest absolute Gasteiger partial charge is 0.486 e. The number of hydrogen-bond acceptors (Lipinski definition) is 3. The van der Waals surface area contributed by atoms with Crippen molar-refractivity contribution in [2.24, 2.45) is 5.41 Å². The second-order valence-corrected chi connectivity index (χ2v) is 7.43. The summed E-state index contributed by atoms with van der Waals surface area (Å²) in [6.45, 7) is 5.98. The second-order valence-electron chi connectivity index (χ2n) is 6.58. The van der Waals surface area contributed by atoms with E-state index in [1.807, 2.05) is 6.07 Å². The Labute approximate surface area is 129 Å². The minimum atomic E-state index is 0.441. The molecule has 3 rings (SSSR count). The number of fused-ring (bicyclic) bond motifs is 1. The van der Waals surface area contributed by atoms with Crippen molar-refractivity contribution in [2.45, 2.75) is 45.6 Å². The maximum Gasteiger partial charge on any atom is 0.163 e. The standard InChI is InChI=1S/C16H22BrNO2/c1-16(2)5-3-4-11(10-16)18-13-9-15-14(8-12(13)17)19-6-7-20-15/h8-9,11,18H,3-7,10H2,1-2H3. The van der Waals surface area contributed by atoms with Gasteiger partial charge in [0.15, 0.2) is 11.5 Å². The normalized spacial score (nSPS) is 24.2. The Hall–Kier alpha value is -0.900. The van der Waals surface area contributed by atoms with Gasteiger partial charge in [0, 0.05) is 22.6 Å². The van der Waals surface area contributed by atoms with E-state index in [0.29, 0.717) is 24.7 Å². The molecule has 0 radical (unpaired) electrons. The van der Waals surface area contributed by atoms with Gasteiger partial charge in [-0.15, -0.1) is 0 Å². The lowest BCUT2D eigenvalue weighted by atomic mass is 9.75. The fourth-order valence-corrected chi connectivity index (χ4v) is 3.65. The van der Waals surface area contributed by atoms with Crippen molar-refractivity contribution in [3.05, 3.63) is 16.6 Å². The molecule has 0 aromatic heterocycles. The fraction of sp³-hybridized carbons (Fsp3) is 0.625. The van der Waals surface area contributed by atoms with Gasteiger partial charge in [-0.2, -0.15) is 0 Å². The highest BCUT2D eigenvalue weighted by atomic mass is 79.9. The van der Waals surface area contributed by atoms with Gasteiger partial charge in [0.25, 0.3) is 0 Å². The number of rotatable bonds is 2. The average molecular weight is 340 g/mol. The maximum atomic E-state index is 5.66. The molecule has 1 N–H and O–H groups in total. The number of benzene rings is 1. The molecule has 20 heavy (non-hydrogen) atoms. The third-order valence-electron chi connectivity index (χ3n) is 4.20. The third-order valence-corrected chi connectivity index (χ3v) is 4.85.